The topological polar surface area (TPSA) is 38.3 Å². The first-order valence-electron chi connectivity index (χ1n) is 7.30. The van der Waals surface area contributed by atoms with Crippen molar-refractivity contribution in [1.82, 2.24) is 5.32 Å². The number of hydrogen-bond acceptors (Lipinski definition) is 2. The first-order chi connectivity index (χ1) is 10.8. The van der Waals surface area contributed by atoms with Gasteiger partial charge in [0.15, 0.2) is 0 Å². The summed E-state index contributed by atoms with van der Waals surface area (Å²) in [5.41, 5.74) is 3.18. The summed E-state index contributed by atoms with van der Waals surface area (Å²) < 4.78 is 5.09. The molecule has 22 heavy (non-hydrogen) atoms. The van der Waals surface area contributed by atoms with E-state index in [1.165, 1.54) is 5.56 Å². The van der Waals surface area contributed by atoms with E-state index in [1.54, 1.807) is 0 Å². The number of benzene rings is 2. The van der Waals surface area contributed by atoms with Crippen LogP contribution in [0.1, 0.15) is 23.6 Å². The van der Waals surface area contributed by atoms with Crippen LogP contribution in [0.2, 0.25) is 0 Å². The third-order valence-corrected chi connectivity index (χ3v) is 3.13. The van der Waals surface area contributed by atoms with Crippen molar-refractivity contribution in [2.75, 3.05) is 6.54 Å². The Morgan fingerprint density at radius 3 is 2.45 bits per heavy atom. The summed E-state index contributed by atoms with van der Waals surface area (Å²) in [4.78, 5) is 11.5. The number of hydrogen-bond donors (Lipinski definition) is 1. The Hall–Kier alpha value is -2.73. The average molecular weight is 293 g/mol. The Morgan fingerprint density at radius 1 is 1.05 bits per heavy atom. The molecule has 0 spiro atoms. The SMILES string of the molecule is CCc1ccc(C#CCNC(=O)OCc2ccccc2)cc1. The zero-order valence-corrected chi connectivity index (χ0v) is 12.6. The Kier molecular flexibility index (Phi) is 6.07. The van der Waals surface area contributed by atoms with Crippen LogP contribution in [0.25, 0.3) is 0 Å². The van der Waals surface area contributed by atoms with Gasteiger partial charge in [-0.05, 0) is 29.7 Å². The second-order valence-electron chi connectivity index (χ2n) is 4.77. The average Bonchev–Trinajstić information content (AvgIpc) is 2.58. The summed E-state index contributed by atoms with van der Waals surface area (Å²) >= 11 is 0. The van der Waals surface area contributed by atoms with E-state index in [0.717, 1.165) is 17.5 Å². The molecule has 1 amide bonds. The van der Waals surface area contributed by atoms with Crippen LogP contribution in [0.3, 0.4) is 0 Å². The molecular weight excluding hydrogens is 274 g/mol. The molecule has 0 fully saturated rings. The highest BCUT2D eigenvalue weighted by molar-refractivity contribution is 5.67. The maximum atomic E-state index is 11.5. The molecule has 0 atom stereocenters. The van der Waals surface area contributed by atoms with Crippen LogP contribution in [0.15, 0.2) is 54.6 Å². The Morgan fingerprint density at radius 2 is 1.77 bits per heavy atom. The van der Waals surface area contributed by atoms with Crippen LogP contribution < -0.4 is 5.32 Å². The number of alkyl carbamates (subject to hydrolysis) is 1. The van der Waals surface area contributed by atoms with Crippen molar-refractivity contribution in [2.24, 2.45) is 0 Å². The summed E-state index contributed by atoms with van der Waals surface area (Å²) in [6, 6.07) is 17.7. The molecule has 112 valence electrons. The van der Waals surface area contributed by atoms with Crippen molar-refractivity contribution in [2.45, 2.75) is 20.0 Å². The minimum absolute atomic E-state index is 0.262. The van der Waals surface area contributed by atoms with Crippen LogP contribution in [0, 0.1) is 11.8 Å². The second kappa shape index (κ2) is 8.53. The van der Waals surface area contributed by atoms with Gasteiger partial charge in [0.25, 0.3) is 0 Å². The first kappa shape index (κ1) is 15.7. The van der Waals surface area contributed by atoms with E-state index in [4.69, 9.17) is 4.74 Å². The Balaban J connectivity index is 1.71. The highest BCUT2D eigenvalue weighted by Crippen LogP contribution is 2.03. The van der Waals surface area contributed by atoms with Gasteiger partial charge < -0.3 is 10.1 Å². The van der Waals surface area contributed by atoms with Crippen LogP contribution in [0.5, 0.6) is 0 Å². The highest BCUT2D eigenvalue weighted by atomic mass is 16.5. The molecule has 0 saturated carbocycles. The van der Waals surface area contributed by atoms with Crippen LogP contribution in [0.4, 0.5) is 4.79 Å². The van der Waals surface area contributed by atoms with Gasteiger partial charge in [-0.1, -0.05) is 61.2 Å². The number of rotatable bonds is 4. The van der Waals surface area contributed by atoms with Crippen LogP contribution in [-0.2, 0) is 17.8 Å². The molecule has 3 heteroatoms. The summed E-state index contributed by atoms with van der Waals surface area (Å²) in [5, 5.41) is 2.61. The Labute approximate surface area is 131 Å². The lowest BCUT2D eigenvalue weighted by molar-refractivity contribution is 0.141. The lowest BCUT2D eigenvalue weighted by Crippen LogP contribution is -2.24. The molecule has 0 aliphatic heterocycles. The molecule has 0 unspecified atom stereocenters. The van der Waals surface area contributed by atoms with Gasteiger partial charge in [-0.15, -0.1) is 0 Å². The van der Waals surface area contributed by atoms with E-state index in [2.05, 4.69) is 36.2 Å². The fourth-order valence-electron chi connectivity index (χ4n) is 1.86. The van der Waals surface area contributed by atoms with Gasteiger partial charge in [0.2, 0.25) is 0 Å². The van der Waals surface area contributed by atoms with Crippen molar-refractivity contribution >= 4 is 6.09 Å². The van der Waals surface area contributed by atoms with Gasteiger partial charge in [-0.2, -0.15) is 0 Å². The number of carbonyl (C=O) groups excluding carboxylic acids is 1. The van der Waals surface area contributed by atoms with Gasteiger partial charge >= 0.3 is 6.09 Å². The summed E-state index contributed by atoms with van der Waals surface area (Å²) in [6.45, 7) is 2.65. The van der Waals surface area contributed by atoms with Gasteiger partial charge in [-0.3, -0.25) is 0 Å². The predicted molar refractivity (Wildman–Crippen MR) is 87.3 cm³/mol. The molecule has 2 rings (SSSR count). The Bertz CT molecular complexity index is 651. The zero-order chi connectivity index (χ0) is 15.6. The van der Waals surface area contributed by atoms with Gasteiger partial charge in [0.1, 0.15) is 6.61 Å². The molecular formula is C19H19NO2. The van der Waals surface area contributed by atoms with E-state index in [1.807, 2.05) is 42.5 Å². The lowest BCUT2D eigenvalue weighted by Gasteiger charge is -2.04. The van der Waals surface area contributed by atoms with Crippen molar-refractivity contribution < 1.29 is 9.53 Å². The monoisotopic (exact) mass is 293 g/mol. The molecule has 2 aromatic carbocycles. The normalized spacial score (nSPS) is 9.50. The fourth-order valence-corrected chi connectivity index (χ4v) is 1.86. The molecule has 0 aliphatic carbocycles. The first-order valence-corrected chi connectivity index (χ1v) is 7.30. The van der Waals surface area contributed by atoms with Crippen molar-refractivity contribution in [1.29, 1.82) is 0 Å². The molecule has 0 bridgehead atoms. The number of carbonyl (C=O) groups is 1. The molecule has 0 radical (unpaired) electrons. The maximum absolute atomic E-state index is 11.5. The number of ether oxygens (including phenoxy) is 1. The molecule has 0 aromatic heterocycles. The standard InChI is InChI=1S/C19H19NO2/c1-2-16-10-12-17(13-11-16)9-6-14-20-19(21)22-15-18-7-4-3-5-8-18/h3-5,7-8,10-13H,2,14-15H2,1H3,(H,20,21). The lowest BCUT2D eigenvalue weighted by atomic mass is 10.1. The molecule has 0 aliphatic rings. The number of nitrogens with one attached hydrogen (secondary N) is 1. The quantitative estimate of drug-likeness (QED) is 0.876. The zero-order valence-electron chi connectivity index (χ0n) is 12.6. The van der Waals surface area contributed by atoms with Crippen molar-refractivity contribution in [3.05, 3.63) is 71.3 Å². The third kappa shape index (κ3) is 5.34. The summed E-state index contributed by atoms with van der Waals surface area (Å²) in [6.07, 6.45) is 0.558. The molecule has 2 aromatic rings. The summed E-state index contributed by atoms with van der Waals surface area (Å²) in [5.74, 6) is 5.91. The van der Waals surface area contributed by atoms with Gasteiger partial charge in [0.05, 0.1) is 6.54 Å². The van der Waals surface area contributed by atoms with E-state index < -0.39 is 6.09 Å². The summed E-state index contributed by atoms with van der Waals surface area (Å²) in [7, 11) is 0. The molecule has 1 N–H and O–H groups in total. The minimum Gasteiger partial charge on any atom is -0.445 e. The second-order valence-corrected chi connectivity index (χ2v) is 4.77. The van der Waals surface area contributed by atoms with E-state index in [9.17, 15) is 4.79 Å². The fraction of sp³-hybridized carbons (Fsp3) is 0.211. The smallest absolute Gasteiger partial charge is 0.408 e. The number of aryl methyl sites for hydroxylation is 1. The minimum atomic E-state index is -0.459. The molecule has 3 nitrogen and oxygen atoms in total. The maximum Gasteiger partial charge on any atom is 0.408 e. The number of amides is 1. The third-order valence-electron chi connectivity index (χ3n) is 3.13. The van der Waals surface area contributed by atoms with Gasteiger partial charge in [-0.25, -0.2) is 4.79 Å². The van der Waals surface area contributed by atoms with Crippen molar-refractivity contribution in [3.8, 4) is 11.8 Å². The van der Waals surface area contributed by atoms with E-state index in [-0.39, 0.29) is 13.2 Å². The van der Waals surface area contributed by atoms with Crippen molar-refractivity contribution in [3.63, 3.8) is 0 Å². The molecule has 0 saturated heterocycles. The largest absolute Gasteiger partial charge is 0.445 e. The van der Waals surface area contributed by atoms with Crippen LogP contribution in [-0.4, -0.2) is 12.6 Å². The van der Waals surface area contributed by atoms with Gasteiger partial charge in [0, 0.05) is 5.56 Å². The van der Waals surface area contributed by atoms with E-state index >= 15 is 0 Å². The molecule has 0 heterocycles. The van der Waals surface area contributed by atoms with Crippen LogP contribution >= 0.6 is 0 Å². The highest BCUT2D eigenvalue weighted by Gasteiger charge is 2.00. The van der Waals surface area contributed by atoms with E-state index in [0.29, 0.717) is 0 Å². The predicted octanol–water partition coefficient (Wildman–Crippen LogP) is 3.53.